The summed E-state index contributed by atoms with van der Waals surface area (Å²) in [5.41, 5.74) is 1.11. The van der Waals surface area contributed by atoms with Crippen LogP contribution in [0.4, 0.5) is 0 Å². The van der Waals surface area contributed by atoms with Gasteiger partial charge in [0.15, 0.2) is 0 Å². The second-order valence-corrected chi connectivity index (χ2v) is 4.31. The molecule has 0 atom stereocenters. The van der Waals surface area contributed by atoms with Gasteiger partial charge in [0.25, 0.3) is 0 Å². The second kappa shape index (κ2) is 2.73. The Morgan fingerprint density at radius 3 is 2.77 bits per heavy atom. The summed E-state index contributed by atoms with van der Waals surface area (Å²) in [5.74, 6) is 0. The minimum atomic E-state index is 0.0804. The summed E-state index contributed by atoms with van der Waals surface area (Å²) in [6.07, 6.45) is 0. The van der Waals surface area contributed by atoms with Crippen LogP contribution < -0.4 is 5.69 Å². The third-order valence-corrected chi connectivity index (χ3v) is 3.12. The highest BCUT2D eigenvalue weighted by Gasteiger charge is 2.13. The summed E-state index contributed by atoms with van der Waals surface area (Å²) in [5, 5.41) is 2.02. The fraction of sp³-hybridized carbons (Fsp3) is 0.444. The lowest BCUT2D eigenvalue weighted by atomic mass is 10.4. The lowest BCUT2D eigenvalue weighted by Crippen LogP contribution is -2.23. The highest BCUT2D eigenvalue weighted by Crippen LogP contribution is 2.21. The number of hydrogen-bond acceptors (Lipinski definition) is 2. The number of aryl methyl sites for hydroxylation is 1. The molecule has 0 spiro atoms. The van der Waals surface area contributed by atoms with Crippen LogP contribution in [0.25, 0.3) is 10.3 Å². The maximum atomic E-state index is 11.7. The van der Waals surface area contributed by atoms with Crippen molar-refractivity contribution in [3.63, 3.8) is 0 Å². The first-order valence-electron chi connectivity index (χ1n) is 4.27. The van der Waals surface area contributed by atoms with Gasteiger partial charge in [-0.25, -0.2) is 4.79 Å². The van der Waals surface area contributed by atoms with Gasteiger partial charge in [-0.3, -0.25) is 9.13 Å². The molecule has 0 aliphatic heterocycles. The smallest absolute Gasteiger partial charge is 0.294 e. The standard InChI is InChI=1S/C9H12N2OS/c1-6(2)11-8-7(4-5-13-8)10(3)9(11)12/h4-6H,1-3H3. The van der Waals surface area contributed by atoms with Gasteiger partial charge in [0.2, 0.25) is 0 Å². The largest absolute Gasteiger partial charge is 0.329 e. The van der Waals surface area contributed by atoms with Gasteiger partial charge in [0.05, 0.1) is 5.52 Å². The number of fused-ring (bicyclic) bond motifs is 1. The molecule has 0 aromatic carbocycles. The van der Waals surface area contributed by atoms with Gasteiger partial charge < -0.3 is 0 Å². The van der Waals surface area contributed by atoms with Gasteiger partial charge in [0.1, 0.15) is 4.83 Å². The van der Waals surface area contributed by atoms with Crippen LogP contribution in [0.5, 0.6) is 0 Å². The summed E-state index contributed by atoms with van der Waals surface area (Å²) in [7, 11) is 1.82. The molecule has 2 heterocycles. The third kappa shape index (κ3) is 1.05. The van der Waals surface area contributed by atoms with E-state index in [1.807, 2.05) is 36.9 Å². The lowest BCUT2D eigenvalue weighted by molar-refractivity contribution is 0.585. The average molecular weight is 196 g/mol. The van der Waals surface area contributed by atoms with Crippen molar-refractivity contribution in [2.75, 3.05) is 0 Å². The van der Waals surface area contributed by atoms with E-state index in [0.717, 1.165) is 10.3 Å². The molecule has 0 aliphatic rings. The zero-order valence-corrected chi connectivity index (χ0v) is 8.76. The minimum Gasteiger partial charge on any atom is -0.294 e. The number of imidazole rings is 1. The highest BCUT2D eigenvalue weighted by molar-refractivity contribution is 7.16. The van der Waals surface area contributed by atoms with Crippen LogP contribution in [0, 0.1) is 0 Å². The van der Waals surface area contributed by atoms with Gasteiger partial charge in [-0.2, -0.15) is 0 Å². The topological polar surface area (TPSA) is 26.9 Å². The summed E-state index contributed by atoms with van der Waals surface area (Å²) in [6.45, 7) is 4.06. The van der Waals surface area contributed by atoms with E-state index in [0.29, 0.717) is 0 Å². The van der Waals surface area contributed by atoms with Crippen molar-refractivity contribution < 1.29 is 0 Å². The first-order chi connectivity index (χ1) is 6.13. The molecule has 70 valence electrons. The minimum absolute atomic E-state index is 0.0804. The molecule has 2 rings (SSSR count). The molecule has 2 aromatic rings. The normalized spacial score (nSPS) is 11.7. The Hall–Kier alpha value is -1.03. The summed E-state index contributed by atoms with van der Waals surface area (Å²) < 4.78 is 3.53. The molecule has 0 fully saturated rings. The lowest BCUT2D eigenvalue weighted by Gasteiger charge is -2.04. The van der Waals surface area contributed by atoms with Gasteiger partial charge in [-0.15, -0.1) is 11.3 Å². The zero-order valence-electron chi connectivity index (χ0n) is 7.94. The van der Waals surface area contributed by atoms with E-state index in [1.54, 1.807) is 15.9 Å². The van der Waals surface area contributed by atoms with Crippen molar-refractivity contribution in [2.24, 2.45) is 7.05 Å². The number of rotatable bonds is 1. The Balaban J connectivity index is 2.93. The Bertz CT molecular complexity index is 489. The van der Waals surface area contributed by atoms with Crippen molar-refractivity contribution in [3.05, 3.63) is 21.9 Å². The molecule has 0 radical (unpaired) electrons. The fourth-order valence-corrected chi connectivity index (χ4v) is 2.59. The quantitative estimate of drug-likeness (QED) is 0.685. The Morgan fingerprint density at radius 2 is 2.15 bits per heavy atom. The first-order valence-corrected chi connectivity index (χ1v) is 5.15. The summed E-state index contributed by atoms with van der Waals surface area (Å²) in [6, 6.07) is 2.22. The Kier molecular flexibility index (Phi) is 1.80. The molecule has 0 amide bonds. The number of aromatic nitrogens is 2. The molecule has 0 N–H and O–H groups in total. The molecule has 0 unspecified atom stereocenters. The number of nitrogens with zero attached hydrogens (tertiary/aromatic N) is 2. The number of thiophene rings is 1. The SMILES string of the molecule is CC(C)n1c(=O)n(C)c2ccsc21. The van der Waals surface area contributed by atoms with Crippen molar-refractivity contribution in [3.8, 4) is 0 Å². The van der Waals surface area contributed by atoms with Crippen LogP contribution in [0.2, 0.25) is 0 Å². The third-order valence-electron chi connectivity index (χ3n) is 2.21. The molecule has 0 aliphatic carbocycles. The maximum absolute atomic E-state index is 11.7. The molecular weight excluding hydrogens is 184 g/mol. The molecule has 2 aromatic heterocycles. The van der Waals surface area contributed by atoms with Crippen LogP contribution in [-0.2, 0) is 7.05 Å². The summed E-state index contributed by atoms with van der Waals surface area (Å²) >= 11 is 1.62. The van der Waals surface area contributed by atoms with E-state index < -0.39 is 0 Å². The first kappa shape index (κ1) is 8.56. The van der Waals surface area contributed by atoms with Crippen LogP contribution in [-0.4, -0.2) is 9.13 Å². The molecule has 0 bridgehead atoms. The monoisotopic (exact) mass is 196 g/mol. The van der Waals surface area contributed by atoms with Crippen LogP contribution in [0.15, 0.2) is 16.2 Å². The Labute approximate surface area is 80.2 Å². The van der Waals surface area contributed by atoms with Crippen molar-refractivity contribution in [2.45, 2.75) is 19.9 Å². The maximum Gasteiger partial charge on any atom is 0.329 e. The van der Waals surface area contributed by atoms with Crippen LogP contribution in [0.1, 0.15) is 19.9 Å². The molecular formula is C9H12N2OS. The summed E-state index contributed by atoms with van der Waals surface area (Å²) in [4.78, 5) is 12.8. The van der Waals surface area contributed by atoms with E-state index in [-0.39, 0.29) is 11.7 Å². The van der Waals surface area contributed by atoms with Crippen molar-refractivity contribution in [1.29, 1.82) is 0 Å². The second-order valence-electron chi connectivity index (χ2n) is 3.42. The van der Waals surface area contributed by atoms with Gasteiger partial charge in [-0.1, -0.05) is 0 Å². The van der Waals surface area contributed by atoms with Gasteiger partial charge in [-0.05, 0) is 25.3 Å². The van der Waals surface area contributed by atoms with Gasteiger partial charge in [0, 0.05) is 13.1 Å². The van der Waals surface area contributed by atoms with Crippen LogP contribution in [0.3, 0.4) is 0 Å². The van der Waals surface area contributed by atoms with Crippen molar-refractivity contribution in [1.82, 2.24) is 9.13 Å². The van der Waals surface area contributed by atoms with Crippen molar-refractivity contribution >= 4 is 21.7 Å². The molecule has 3 nitrogen and oxygen atoms in total. The predicted molar refractivity (Wildman–Crippen MR) is 55.4 cm³/mol. The molecule has 0 saturated carbocycles. The van der Waals surface area contributed by atoms with Gasteiger partial charge >= 0.3 is 5.69 Å². The highest BCUT2D eigenvalue weighted by atomic mass is 32.1. The molecule has 0 saturated heterocycles. The van der Waals surface area contributed by atoms with E-state index in [1.165, 1.54) is 0 Å². The fourth-order valence-electron chi connectivity index (χ4n) is 1.54. The Morgan fingerprint density at radius 1 is 1.46 bits per heavy atom. The molecule has 4 heteroatoms. The van der Waals surface area contributed by atoms with Crippen LogP contribution >= 0.6 is 11.3 Å². The average Bonchev–Trinajstić information content (AvgIpc) is 2.57. The predicted octanol–water partition coefficient (Wildman–Crippen LogP) is 1.98. The molecule has 13 heavy (non-hydrogen) atoms. The van der Waals surface area contributed by atoms with E-state index in [2.05, 4.69) is 0 Å². The van der Waals surface area contributed by atoms with E-state index >= 15 is 0 Å². The van der Waals surface area contributed by atoms with E-state index in [9.17, 15) is 4.79 Å². The van der Waals surface area contributed by atoms with E-state index in [4.69, 9.17) is 0 Å². The number of hydrogen-bond donors (Lipinski definition) is 0. The zero-order chi connectivity index (χ0) is 9.59.